The van der Waals surface area contributed by atoms with Crippen molar-refractivity contribution < 1.29 is 0 Å². The van der Waals surface area contributed by atoms with Crippen molar-refractivity contribution >= 4 is 11.8 Å². The van der Waals surface area contributed by atoms with Gasteiger partial charge in [0.1, 0.15) is 0 Å². The topological polar surface area (TPSA) is 54.5 Å². The number of nitriles is 1. The van der Waals surface area contributed by atoms with Crippen LogP contribution in [-0.4, -0.2) is 20.5 Å². The second kappa shape index (κ2) is 6.67. The molecule has 1 heterocycles. The lowest BCUT2D eigenvalue weighted by atomic mass is 10.1. The Hall–Kier alpha value is -2.58. The van der Waals surface area contributed by atoms with Gasteiger partial charge in [0, 0.05) is 11.3 Å². The van der Waals surface area contributed by atoms with Crippen LogP contribution < -0.4 is 0 Å². The standard InChI is InChI=1S/C18H16N4S/c1-13-6-8-16(9-7-13)22-17(15-5-3-4-14(2)12-15)20-21-18(22)23-11-10-19/h3-9,12H,11H2,1-2H3. The van der Waals surface area contributed by atoms with Crippen LogP contribution in [0.1, 0.15) is 11.1 Å². The SMILES string of the molecule is Cc1ccc(-n2c(SCC#N)nnc2-c2cccc(C)c2)cc1. The van der Waals surface area contributed by atoms with Crippen molar-refractivity contribution in [1.29, 1.82) is 5.26 Å². The van der Waals surface area contributed by atoms with Gasteiger partial charge < -0.3 is 0 Å². The van der Waals surface area contributed by atoms with Gasteiger partial charge in [-0.2, -0.15) is 5.26 Å². The summed E-state index contributed by atoms with van der Waals surface area (Å²) in [5.41, 5.74) is 4.39. The highest BCUT2D eigenvalue weighted by Crippen LogP contribution is 2.28. The van der Waals surface area contributed by atoms with Crippen molar-refractivity contribution in [3.8, 4) is 23.1 Å². The third kappa shape index (κ3) is 3.27. The fourth-order valence-corrected chi connectivity index (χ4v) is 2.97. The number of nitrogens with zero attached hydrogens (tertiary/aromatic N) is 4. The molecule has 0 saturated carbocycles. The quantitative estimate of drug-likeness (QED) is 0.677. The molecule has 1 aromatic heterocycles. The van der Waals surface area contributed by atoms with E-state index in [1.54, 1.807) is 0 Å². The summed E-state index contributed by atoms with van der Waals surface area (Å²) in [4.78, 5) is 0. The summed E-state index contributed by atoms with van der Waals surface area (Å²) < 4.78 is 2.01. The monoisotopic (exact) mass is 320 g/mol. The Morgan fingerprint density at radius 1 is 1.04 bits per heavy atom. The fourth-order valence-electron chi connectivity index (χ4n) is 2.36. The van der Waals surface area contributed by atoms with Crippen molar-refractivity contribution in [3.63, 3.8) is 0 Å². The molecule has 0 unspecified atom stereocenters. The first-order valence-corrected chi connectivity index (χ1v) is 8.27. The molecule has 0 aliphatic rings. The number of rotatable bonds is 4. The van der Waals surface area contributed by atoms with Crippen molar-refractivity contribution in [2.75, 3.05) is 5.75 Å². The summed E-state index contributed by atoms with van der Waals surface area (Å²) in [6.07, 6.45) is 0. The van der Waals surface area contributed by atoms with Crippen LogP contribution in [0.4, 0.5) is 0 Å². The number of thioether (sulfide) groups is 1. The minimum atomic E-state index is 0.345. The van der Waals surface area contributed by atoms with Crippen LogP contribution >= 0.6 is 11.8 Å². The molecule has 0 spiro atoms. The number of aromatic nitrogens is 3. The first kappa shape index (κ1) is 15.3. The molecule has 23 heavy (non-hydrogen) atoms. The second-order valence-corrected chi connectivity index (χ2v) is 6.24. The first-order chi connectivity index (χ1) is 11.2. The van der Waals surface area contributed by atoms with Gasteiger partial charge in [0.2, 0.25) is 0 Å². The average molecular weight is 320 g/mol. The van der Waals surface area contributed by atoms with Crippen LogP contribution in [0, 0.1) is 25.2 Å². The minimum absolute atomic E-state index is 0.345. The molecule has 0 N–H and O–H groups in total. The summed E-state index contributed by atoms with van der Waals surface area (Å²) in [6.45, 7) is 4.12. The van der Waals surface area contributed by atoms with E-state index < -0.39 is 0 Å². The molecule has 114 valence electrons. The highest BCUT2D eigenvalue weighted by Gasteiger charge is 2.16. The summed E-state index contributed by atoms with van der Waals surface area (Å²) in [7, 11) is 0. The molecule has 0 aliphatic carbocycles. The average Bonchev–Trinajstić information content (AvgIpc) is 2.97. The molecule has 2 aromatic carbocycles. The van der Waals surface area contributed by atoms with Crippen molar-refractivity contribution in [2.45, 2.75) is 19.0 Å². The third-order valence-corrected chi connectivity index (χ3v) is 4.26. The van der Waals surface area contributed by atoms with E-state index in [1.807, 2.05) is 16.7 Å². The van der Waals surface area contributed by atoms with Crippen LogP contribution in [0.2, 0.25) is 0 Å². The van der Waals surface area contributed by atoms with Crippen LogP contribution in [0.5, 0.6) is 0 Å². The minimum Gasteiger partial charge on any atom is -0.270 e. The van der Waals surface area contributed by atoms with Gasteiger partial charge in [0.15, 0.2) is 11.0 Å². The lowest BCUT2D eigenvalue weighted by Crippen LogP contribution is -2.00. The molecule has 0 radical (unpaired) electrons. The molecular weight excluding hydrogens is 304 g/mol. The predicted molar refractivity (Wildman–Crippen MR) is 92.6 cm³/mol. The lowest BCUT2D eigenvalue weighted by Gasteiger charge is -2.10. The number of benzene rings is 2. The van der Waals surface area contributed by atoms with E-state index in [4.69, 9.17) is 5.26 Å². The zero-order valence-corrected chi connectivity index (χ0v) is 13.8. The summed E-state index contributed by atoms with van der Waals surface area (Å²) in [5, 5.41) is 18.2. The Bertz CT molecular complexity index is 859. The molecule has 0 atom stereocenters. The Morgan fingerprint density at radius 2 is 1.83 bits per heavy atom. The van der Waals surface area contributed by atoms with Gasteiger partial charge >= 0.3 is 0 Å². The van der Waals surface area contributed by atoms with E-state index in [0.29, 0.717) is 5.75 Å². The first-order valence-electron chi connectivity index (χ1n) is 7.28. The van der Waals surface area contributed by atoms with E-state index in [0.717, 1.165) is 22.2 Å². The summed E-state index contributed by atoms with van der Waals surface area (Å²) in [5.74, 6) is 1.13. The van der Waals surface area contributed by atoms with Gasteiger partial charge in [-0.3, -0.25) is 4.57 Å². The normalized spacial score (nSPS) is 10.5. The van der Waals surface area contributed by atoms with E-state index in [2.05, 4.69) is 66.5 Å². The summed E-state index contributed by atoms with van der Waals surface area (Å²) in [6, 6.07) is 18.6. The van der Waals surface area contributed by atoms with Crippen LogP contribution in [0.3, 0.4) is 0 Å². The second-order valence-electron chi connectivity index (χ2n) is 5.29. The van der Waals surface area contributed by atoms with Gasteiger partial charge in [-0.05, 0) is 32.0 Å². The molecule has 0 aliphatic heterocycles. The number of aryl methyl sites for hydroxylation is 2. The Balaban J connectivity index is 2.15. The highest BCUT2D eigenvalue weighted by molar-refractivity contribution is 7.99. The van der Waals surface area contributed by atoms with Crippen LogP contribution in [-0.2, 0) is 0 Å². The van der Waals surface area contributed by atoms with Crippen molar-refractivity contribution in [2.24, 2.45) is 0 Å². The van der Waals surface area contributed by atoms with Gasteiger partial charge in [0.25, 0.3) is 0 Å². The lowest BCUT2D eigenvalue weighted by molar-refractivity contribution is 0.887. The molecule has 4 nitrogen and oxygen atoms in total. The maximum absolute atomic E-state index is 8.86. The maximum atomic E-state index is 8.86. The fraction of sp³-hybridized carbons (Fsp3) is 0.167. The molecule has 0 amide bonds. The zero-order valence-electron chi connectivity index (χ0n) is 13.0. The Labute approximate surface area is 139 Å². The van der Waals surface area contributed by atoms with Crippen LogP contribution in [0.25, 0.3) is 17.1 Å². The van der Waals surface area contributed by atoms with Gasteiger partial charge in [-0.25, -0.2) is 0 Å². The number of hydrogen-bond donors (Lipinski definition) is 0. The predicted octanol–water partition coefficient (Wildman–Crippen LogP) is 4.17. The van der Waals surface area contributed by atoms with Gasteiger partial charge in [-0.1, -0.05) is 53.2 Å². The number of hydrogen-bond acceptors (Lipinski definition) is 4. The molecule has 3 rings (SSSR count). The van der Waals surface area contributed by atoms with Crippen molar-refractivity contribution in [3.05, 3.63) is 59.7 Å². The van der Waals surface area contributed by atoms with Crippen molar-refractivity contribution in [1.82, 2.24) is 14.8 Å². The largest absolute Gasteiger partial charge is 0.270 e. The van der Waals surface area contributed by atoms with Crippen LogP contribution in [0.15, 0.2) is 53.7 Å². The molecule has 0 bridgehead atoms. The van der Waals surface area contributed by atoms with E-state index in [1.165, 1.54) is 22.9 Å². The van der Waals surface area contributed by atoms with E-state index in [-0.39, 0.29) is 0 Å². The maximum Gasteiger partial charge on any atom is 0.197 e. The molecular formula is C18H16N4S. The smallest absolute Gasteiger partial charge is 0.197 e. The Kier molecular flexibility index (Phi) is 4.45. The summed E-state index contributed by atoms with van der Waals surface area (Å²) >= 11 is 1.39. The zero-order chi connectivity index (χ0) is 16.2. The Morgan fingerprint density at radius 3 is 2.52 bits per heavy atom. The van der Waals surface area contributed by atoms with E-state index in [9.17, 15) is 0 Å². The molecule has 5 heteroatoms. The van der Waals surface area contributed by atoms with Gasteiger partial charge in [-0.15, -0.1) is 10.2 Å². The van der Waals surface area contributed by atoms with Gasteiger partial charge in [0.05, 0.1) is 11.8 Å². The molecule has 0 saturated heterocycles. The molecule has 3 aromatic rings. The van der Waals surface area contributed by atoms with E-state index >= 15 is 0 Å². The third-order valence-electron chi connectivity index (χ3n) is 3.47. The molecule has 0 fully saturated rings. The highest BCUT2D eigenvalue weighted by atomic mass is 32.2.